The second-order valence-corrected chi connectivity index (χ2v) is 9.86. The molecule has 0 radical (unpaired) electrons. The number of hydrogen-bond acceptors (Lipinski definition) is 7. The van der Waals surface area contributed by atoms with Gasteiger partial charge in [0.25, 0.3) is 0 Å². The van der Waals surface area contributed by atoms with Crippen LogP contribution in [-0.4, -0.2) is 76.4 Å². The van der Waals surface area contributed by atoms with Crippen molar-refractivity contribution < 1.29 is 14.1 Å². The summed E-state index contributed by atoms with van der Waals surface area (Å²) in [6.07, 6.45) is 4.33. The summed E-state index contributed by atoms with van der Waals surface area (Å²) >= 11 is 3.62. The third-order valence-electron chi connectivity index (χ3n) is 6.55. The maximum absolute atomic E-state index is 11.1. The Balaban J connectivity index is 1.32. The van der Waals surface area contributed by atoms with Crippen LogP contribution in [0.2, 0.25) is 0 Å². The van der Waals surface area contributed by atoms with Crippen LogP contribution in [0.4, 0.5) is 0 Å². The highest BCUT2D eigenvalue weighted by atomic mass is 79.9. The maximum atomic E-state index is 11.1. The summed E-state index contributed by atoms with van der Waals surface area (Å²) in [6, 6.07) is 6.32. The lowest BCUT2D eigenvalue weighted by Crippen LogP contribution is -2.48. The summed E-state index contributed by atoms with van der Waals surface area (Å²) in [6.45, 7) is 6.83. The number of piperazine rings is 1. The largest absolute Gasteiger partial charge is 0.381 e. The summed E-state index contributed by atoms with van der Waals surface area (Å²) in [5.41, 5.74) is 7.46. The first-order valence-corrected chi connectivity index (χ1v) is 12.3. The molecule has 10 heteroatoms. The number of primary amides is 1. The minimum atomic E-state index is -0.284. The number of carbonyl (C=O) groups excluding carboxylic acids is 1. The predicted molar refractivity (Wildman–Crippen MR) is 127 cm³/mol. The predicted octanol–water partition coefficient (Wildman–Crippen LogP) is 2.48. The highest BCUT2D eigenvalue weighted by molar-refractivity contribution is 9.10. The number of nitrogens with zero attached hydrogens (tertiary/aromatic N) is 5. The Hall–Kier alpha value is -2.27. The quantitative estimate of drug-likeness (QED) is 0.514. The fraction of sp³-hybridized carbons (Fsp3) is 0.522. The maximum Gasteiger partial charge on any atom is 0.241 e. The van der Waals surface area contributed by atoms with Crippen LogP contribution < -0.4 is 5.73 Å². The zero-order valence-electron chi connectivity index (χ0n) is 18.6. The molecule has 1 amide bonds. The Bertz CT molecular complexity index is 1110. The molecular formula is C23H29BrN6O3. The highest BCUT2D eigenvalue weighted by Crippen LogP contribution is 2.32. The topological polar surface area (TPSA) is 103 Å². The number of amides is 1. The van der Waals surface area contributed by atoms with Crippen molar-refractivity contribution >= 4 is 32.7 Å². The van der Waals surface area contributed by atoms with Crippen molar-refractivity contribution in [2.24, 2.45) is 11.7 Å². The smallest absolute Gasteiger partial charge is 0.241 e. The molecule has 2 aliphatic rings. The van der Waals surface area contributed by atoms with Crippen molar-refractivity contribution in [1.82, 2.24) is 24.5 Å². The number of nitrogens with two attached hydrogens (primary N) is 1. The Morgan fingerprint density at radius 1 is 1.15 bits per heavy atom. The van der Waals surface area contributed by atoms with Crippen molar-refractivity contribution in [2.75, 3.05) is 45.9 Å². The van der Waals surface area contributed by atoms with Gasteiger partial charge in [-0.2, -0.15) is 4.98 Å². The van der Waals surface area contributed by atoms with Gasteiger partial charge in [0.1, 0.15) is 0 Å². The van der Waals surface area contributed by atoms with Gasteiger partial charge in [-0.05, 0) is 30.9 Å². The van der Waals surface area contributed by atoms with E-state index in [4.69, 9.17) is 20.0 Å². The van der Waals surface area contributed by atoms with Gasteiger partial charge in [0, 0.05) is 73.1 Å². The number of rotatable bonds is 7. The van der Waals surface area contributed by atoms with E-state index in [1.807, 2.05) is 0 Å². The van der Waals surface area contributed by atoms with Crippen molar-refractivity contribution in [3.05, 3.63) is 34.8 Å². The Morgan fingerprint density at radius 3 is 2.67 bits per heavy atom. The van der Waals surface area contributed by atoms with Gasteiger partial charge in [0.05, 0.1) is 13.1 Å². The molecule has 0 atom stereocenters. The van der Waals surface area contributed by atoms with Gasteiger partial charge in [0.15, 0.2) is 0 Å². The molecule has 1 aromatic carbocycles. The number of fused-ring (bicyclic) bond motifs is 1. The number of ether oxygens (including phenoxy) is 1. The minimum absolute atomic E-state index is 0.284. The molecular weight excluding hydrogens is 488 g/mol. The van der Waals surface area contributed by atoms with Gasteiger partial charge in [-0.25, -0.2) is 0 Å². The lowest BCUT2D eigenvalue weighted by Gasteiger charge is -2.32. The van der Waals surface area contributed by atoms with Gasteiger partial charge in [-0.15, -0.1) is 0 Å². The molecule has 176 valence electrons. The zero-order chi connectivity index (χ0) is 22.8. The molecule has 3 aromatic rings. The minimum Gasteiger partial charge on any atom is -0.381 e. The molecule has 33 heavy (non-hydrogen) atoms. The molecule has 2 fully saturated rings. The average Bonchev–Trinajstić information content (AvgIpc) is 3.40. The normalized spacial score (nSPS) is 18.8. The van der Waals surface area contributed by atoms with Gasteiger partial charge in [-0.1, -0.05) is 27.2 Å². The molecule has 0 aliphatic carbocycles. The molecule has 0 bridgehead atoms. The van der Waals surface area contributed by atoms with E-state index in [1.54, 1.807) is 0 Å². The Kier molecular flexibility index (Phi) is 6.77. The number of benzene rings is 1. The van der Waals surface area contributed by atoms with Crippen LogP contribution in [0.5, 0.6) is 0 Å². The molecule has 0 saturated carbocycles. The summed E-state index contributed by atoms with van der Waals surface area (Å²) in [4.78, 5) is 20.2. The number of hydrogen-bond donors (Lipinski definition) is 1. The second kappa shape index (κ2) is 9.92. The van der Waals surface area contributed by atoms with Crippen molar-refractivity contribution in [3.8, 4) is 11.4 Å². The first kappa shape index (κ1) is 22.5. The molecule has 2 aliphatic heterocycles. The average molecular weight is 517 g/mol. The van der Waals surface area contributed by atoms with Gasteiger partial charge >= 0.3 is 0 Å². The number of carbonyl (C=O) groups is 1. The van der Waals surface area contributed by atoms with Gasteiger partial charge < -0.3 is 19.6 Å². The third-order valence-corrected chi connectivity index (χ3v) is 7.05. The summed E-state index contributed by atoms with van der Waals surface area (Å²) in [5.74, 6) is 1.55. The van der Waals surface area contributed by atoms with Crippen LogP contribution in [0, 0.1) is 5.92 Å². The summed E-state index contributed by atoms with van der Waals surface area (Å²) in [5, 5.41) is 5.43. The zero-order valence-corrected chi connectivity index (χ0v) is 20.2. The van der Waals surface area contributed by atoms with E-state index in [2.05, 4.69) is 59.8 Å². The Morgan fingerprint density at radius 2 is 1.91 bits per heavy atom. The molecule has 2 N–H and O–H groups in total. The van der Waals surface area contributed by atoms with Gasteiger partial charge in [0.2, 0.25) is 17.6 Å². The van der Waals surface area contributed by atoms with E-state index in [-0.39, 0.29) is 5.91 Å². The third kappa shape index (κ3) is 5.29. The SMILES string of the molecule is NC(=O)CN1CCN(Cc2nc(-c3cn(CC4CCOCC4)c4cc(Br)ccc34)no2)CC1. The first-order valence-electron chi connectivity index (χ1n) is 11.5. The fourth-order valence-electron chi connectivity index (χ4n) is 4.75. The number of aromatic nitrogens is 3. The van der Waals surface area contributed by atoms with Crippen LogP contribution in [0.25, 0.3) is 22.3 Å². The van der Waals surface area contributed by atoms with Crippen LogP contribution in [-0.2, 0) is 22.6 Å². The van der Waals surface area contributed by atoms with E-state index < -0.39 is 0 Å². The van der Waals surface area contributed by atoms with Crippen LogP contribution in [0.1, 0.15) is 18.7 Å². The van der Waals surface area contributed by atoms with E-state index in [9.17, 15) is 4.79 Å². The van der Waals surface area contributed by atoms with E-state index in [0.717, 1.165) is 74.2 Å². The molecule has 0 unspecified atom stereocenters. The molecule has 2 aromatic heterocycles. The molecule has 5 rings (SSSR count). The standard InChI is InChI=1S/C23H29BrN6O3/c24-17-1-2-18-19(13-30(20(18)11-17)12-16-3-9-32-10-4-16)23-26-22(33-27-23)15-29-7-5-28(6-8-29)14-21(25)31/h1-2,11,13,16H,3-10,12,14-15H2,(H2,25,31). The van der Waals surface area contributed by atoms with Crippen LogP contribution >= 0.6 is 15.9 Å². The highest BCUT2D eigenvalue weighted by Gasteiger charge is 2.22. The second-order valence-electron chi connectivity index (χ2n) is 8.94. The molecule has 4 heterocycles. The van der Waals surface area contributed by atoms with Crippen molar-refractivity contribution in [2.45, 2.75) is 25.9 Å². The lowest BCUT2D eigenvalue weighted by molar-refractivity contribution is -0.119. The number of halogens is 1. The van der Waals surface area contributed by atoms with E-state index in [0.29, 0.717) is 30.7 Å². The van der Waals surface area contributed by atoms with E-state index in [1.165, 1.54) is 5.52 Å². The molecule has 9 nitrogen and oxygen atoms in total. The summed E-state index contributed by atoms with van der Waals surface area (Å²) in [7, 11) is 0. The van der Waals surface area contributed by atoms with Crippen LogP contribution in [0.3, 0.4) is 0 Å². The Labute approximate surface area is 201 Å². The first-order chi connectivity index (χ1) is 16.0. The fourth-order valence-corrected chi connectivity index (χ4v) is 5.10. The van der Waals surface area contributed by atoms with E-state index >= 15 is 0 Å². The van der Waals surface area contributed by atoms with Crippen molar-refractivity contribution in [1.29, 1.82) is 0 Å². The summed E-state index contributed by atoms with van der Waals surface area (Å²) < 4.78 is 14.5. The van der Waals surface area contributed by atoms with Crippen molar-refractivity contribution in [3.63, 3.8) is 0 Å². The molecule has 2 saturated heterocycles. The van der Waals surface area contributed by atoms with Gasteiger partial charge in [-0.3, -0.25) is 14.6 Å². The monoisotopic (exact) mass is 516 g/mol. The lowest BCUT2D eigenvalue weighted by atomic mass is 10.0. The van der Waals surface area contributed by atoms with Crippen LogP contribution in [0.15, 0.2) is 33.4 Å². The molecule has 0 spiro atoms.